The summed E-state index contributed by atoms with van der Waals surface area (Å²) in [6, 6.07) is 15.1. The Kier molecular flexibility index (Phi) is 24.8. The fourth-order valence-corrected chi connectivity index (χ4v) is 10.2. The van der Waals surface area contributed by atoms with E-state index in [-0.39, 0.29) is 63.6 Å². The number of halogens is 2. The van der Waals surface area contributed by atoms with E-state index < -0.39 is 41.4 Å². The van der Waals surface area contributed by atoms with Gasteiger partial charge in [-0.15, -0.1) is 0 Å². The van der Waals surface area contributed by atoms with Crippen molar-refractivity contribution in [3.05, 3.63) is 116 Å². The second kappa shape index (κ2) is 32.8. The first-order chi connectivity index (χ1) is 40.0. The number of anilines is 2. The summed E-state index contributed by atoms with van der Waals surface area (Å²) >= 11 is 0. The van der Waals surface area contributed by atoms with Gasteiger partial charge in [0.05, 0.1) is 77.8 Å². The molecular formula is C58H77F2N11O11. The van der Waals surface area contributed by atoms with Crippen LogP contribution < -0.4 is 15.4 Å². The van der Waals surface area contributed by atoms with E-state index in [0.717, 1.165) is 87.5 Å². The minimum atomic E-state index is -0.790. The number of phenolic OH excluding ortho intramolecular Hbond substituents is 1. The standard InChI is InChI=1S/C33H46FN7O7.C25H31FN4O4/c1-2-47-31(42)24-29(41-15-14-40(33(41)43)13-4-6-27-9-7-25-5-3-11-36-32(25)38-27)26-8-10-30(28(34)23-26)48-22-21-46-20-19-45-18-17-44-16-12-37-39-35;1-2-34-23(32)16-21(18-8-10-22(31)20(26)15-18)30-14-13-29(25(30)33)12-4-6-19-9-7-17-5-3-11-27-24(17)28-19/h7-10,23,29H,2-6,11-22,24H2,1H3,(H,36,38);7-10,15,21,31H,2-6,11-14,16H2,1H3,(H,27,28)/t29-;21-/m00/s1. The summed E-state index contributed by atoms with van der Waals surface area (Å²) in [5.41, 5.74) is 13.6. The van der Waals surface area contributed by atoms with Crippen molar-refractivity contribution in [1.29, 1.82) is 0 Å². The normalized spacial score (nSPS) is 15.3. The number of aryl methyl sites for hydroxylation is 4. The zero-order valence-electron chi connectivity index (χ0n) is 47.0. The predicted octanol–water partition coefficient (Wildman–Crippen LogP) is 8.33. The smallest absolute Gasteiger partial charge is 0.320 e. The number of amides is 4. The highest BCUT2D eigenvalue weighted by atomic mass is 19.1. The van der Waals surface area contributed by atoms with Crippen molar-refractivity contribution in [1.82, 2.24) is 29.6 Å². The van der Waals surface area contributed by atoms with E-state index in [2.05, 4.69) is 44.9 Å². The molecule has 0 bridgehead atoms. The van der Waals surface area contributed by atoms with Gasteiger partial charge in [-0.3, -0.25) is 9.59 Å². The lowest BCUT2D eigenvalue weighted by atomic mass is 10.0. The van der Waals surface area contributed by atoms with Crippen LogP contribution in [0.2, 0.25) is 0 Å². The van der Waals surface area contributed by atoms with E-state index in [9.17, 15) is 28.7 Å². The molecule has 2 aromatic heterocycles. The molecule has 0 radical (unpaired) electrons. The Labute approximate surface area is 477 Å². The van der Waals surface area contributed by atoms with Gasteiger partial charge in [0.2, 0.25) is 0 Å². The van der Waals surface area contributed by atoms with Crippen LogP contribution in [0.15, 0.2) is 65.8 Å². The van der Waals surface area contributed by atoms with E-state index in [1.54, 1.807) is 39.5 Å². The number of fused-ring (bicyclic) bond motifs is 2. The molecular weight excluding hydrogens is 1060 g/mol. The number of esters is 2. The molecule has 444 valence electrons. The number of carbonyl (C=O) groups is 4. The lowest BCUT2D eigenvalue weighted by molar-refractivity contribution is -0.145. The van der Waals surface area contributed by atoms with E-state index >= 15 is 4.39 Å². The van der Waals surface area contributed by atoms with Crippen LogP contribution in [0.3, 0.4) is 0 Å². The molecule has 4 amide bonds. The number of nitrogens with zero attached hydrogens (tertiary/aromatic N) is 9. The molecule has 0 unspecified atom stereocenters. The minimum absolute atomic E-state index is 0.0479. The van der Waals surface area contributed by atoms with Crippen molar-refractivity contribution >= 4 is 35.6 Å². The van der Waals surface area contributed by atoms with Crippen LogP contribution >= 0.6 is 0 Å². The van der Waals surface area contributed by atoms with Crippen LogP contribution in [0.5, 0.6) is 11.5 Å². The van der Waals surface area contributed by atoms with Crippen molar-refractivity contribution in [2.75, 3.05) is 129 Å². The summed E-state index contributed by atoms with van der Waals surface area (Å²) in [4.78, 5) is 70.3. The predicted molar refractivity (Wildman–Crippen MR) is 300 cm³/mol. The number of benzene rings is 2. The number of aromatic hydroxyl groups is 1. The first-order valence-corrected chi connectivity index (χ1v) is 28.5. The number of phenols is 1. The second-order valence-electron chi connectivity index (χ2n) is 19.9. The molecule has 4 aliphatic heterocycles. The number of ether oxygens (including phenoxy) is 6. The molecule has 0 spiro atoms. The Morgan fingerprint density at radius 1 is 0.671 bits per heavy atom. The van der Waals surface area contributed by atoms with Crippen molar-refractivity contribution in [2.24, 2.45) is 5.11 Å². The number of aromatic nitrogens is 2. The van der Waals surface area contributed by atoms with Gasteiger partial charge in [-0.25, -0.2) is 28.3 Å². The summed E-state index contributed by atoms with van der Waals surface area (Å²) in [6.07, 6.45) is 7.17. The average Bonchev–Trinajstić information content (AvgIpc) is 4.25. The molecule has 2 saturated heterocycles. The van der Waals surface area contributed by atoms with Crippen LogP contribution in [0.25, 0.3) is 10.4 Å². The zero-order valence-corrected chi connectivity index (χ0v) is 47.0. The van der Waals surface area contributed by atoms with Crippen molar-refractivity contribution in [3.63, 3.8) is 0 Å². The maximum absolute atomic E-state index is 15.2. The van der Waals surface area contributed by atoms with Crippen molar-refractivity contribution in [3.8, 4) is 11.5 Å². The number of urea groups is 2. The fourth-order valence-electron chi connectivity index (χ4n) is 10.2. The van der Waals surface area contributed by atoms with Gasteiger partial charge in [0.25, 0.3) is 0 Å². The zero-order chi connectivity index (χ0) is 58.1. The molecule has 4 aromatic rings. The average molecular weight is 1140 g/mol. The third kappa shape index (κ3) is 18.5. The highest BCUT2D eigenvalue weighted by Crippen LogP contribution is 2.34. The van der Waals surface area contributed by atoms with Crippen LogP contribution in [0.4, 0.5) is 30.0 Å². The van der Waals surface area contributed by atoms with Gasteiger partial charge >= 0.3 is 24.0 Å². The molecule has 4 aliphatic rings. The van der Waals surface area contributed by atoms with Gasteiger partial charge in [0.1, 0.15) is 18.2 Å². The third-order valence-corrected chi connectivity index (χ3v) is 14.3. The van der Waals surface area contributed by atoms with E-state index in [4.69, 9.17) is 43.9 Å². The Morgan fingerprint density at radius 2 is 1.16 bits per heavy atom. The van der Waals surface area contributed by atoms with E-state index in [1.807, 2.05) is 0 Å². The first kappa shape index (κ1) is 62.1. The lowest BCUT2D eigenvalue weighted by Crippen LogP contribution is -2.36. The molecule has 8 rings (SSSR count). The topological polar surface area (TPSA) is 255 Å². The van der Waals surface area contributed by atoms with Gasteiger partial charge in [0, 0.05) is 75.2 Å². The monoisotopic (exact) mass is 1140 g/mol. The molecule has 2 fully saturated rings. The molecule has 2 aromatic carbocycles. The number of rotatable bonds is 31. The van der Waals surface area contributed by atoms with Crippen molar-refractivity contribution < 1.29 is 61.5 Å². The molecule has 0 aliphatic carbocycles. The minimum Gasteiger partial charge on any atom is -0.505 e. The highest BCUT2D eigenvalue weighted by Gasteiger charge is 2.37. The molecule has 82 heavy (non-hydrogen) atoms. The number of carbonyl (C=O) groups excluding carboxylic acids is 4. The fraction of sp³-hybridized carbons (Fsp3) is 0.552. The maximum Gasteiger partial charge on any atom is 0.320 e. The number of hydrogen-bond donors (Lipinski definition) is 3. The lowest BCUT2D eigenvalue weighted by Gasteiger charge is -2.28. The SMILES string of the molecule is CCOC(=O)C[C@@H](c1ccc(O)c(F)c1)N1CCN(CCCc2ccc3c(n2)NCCC3)C1=O.CCOC(=O)C[C@@H](c1ccc(OCCOCCOCCOCCN=[N+]=[N-])c(F)c1)N1CCN(CCCc2ccc3c(n2)NCCC3)C1=O. The number of nitrogens with one attached hydrogen (secondary N) is 2. The molecule has 2 atom stereocenters. The van der Waals surface area contributed by atoms with Crippen LogP contribution in [0.1, 0.15) is 98.1 Å². The third-order valence-electron chi connectivity index (χ3n) is 14.3. The summed E-state index contributed by atoms with van der Waals surface area (Å²) in [7, 11) is 0. The quantitative estimate of drug-likeness (QED) is 0.0141. The van der Waals surface area contributed by atoms with E-state index in [1.165, 1.54) is 41.5 Å². The van der Waals surface area contributed by atoms with Crippen LogP contribution in [-0.4, -0.2) is 177 Å². The van der Waals surface area contributed by atoms with Gasteiger partial charge in [-0.1, -0.05) is 29.4 Å². The summed E-state index contributed by atoms with van der Waals surface area (Å²) in [5, 5.41) is 19.6. The van der Waals surface area contributed by atoms with Crippen molar-refractivity contribution in [2.45, 2.75) is 90.1 Å². The van der Waals surface area contributed by atoms with Gasteiger partial charge < -0.3 is 63.8 Å². The summed E-state index contributed by atoms with van der Waals surface area (Å²) in [6.45, 7) is 11.2. The first-order valence-electron chi connectivity index (χ1n) is 28.5. The Balaban J connectivity index is 0.000000250. The van der Waals surface area contributed by atoms with E-state index in [0.29, 0.717) is 83.4 Å². The number of pyridine rings is 2. The Hall–Kier alpha value is -7.53. The second-order valence-corrected chi connectivity index (χ2v) is 19.9. The van der Waals surface area contributed by atoms with Gasteiger partial charge in [-0.2, -0.15) is 0 Å². The molecule has 6 heterocycles. The Bertz CT molecular complexity index is 2790. The summed E-state index contributed by atoms with van der Waals surface area (Å²) < 4.78 is 61.1. The van der Waals surface area contributed by atoms with Crippen LogP contribution in [0, 0.1) is 11.6 Å². The maximum atomic E-state index is 15.2. The van der Waals surface area contributed by atoms with Gasteiger partial charge in [-0.05, 0) is 129 Å². The summed E-state index contributed by atoms with van der Waals surface area (Å²) in [5.74, 6) is -0.800. The number of hydrogen-bond acceptors (Lipinski definition) is 16. The molecule has 22 nitrogen and oxygen atoms in total. The molecule has 3 N–H and O–H groups in total. The largest absolute Gasteiger partial charge is 0.505 e. The Morgan fingerprint density at radius 3 is 1.65 bits per heavy atom. The van der Waals surface area contributed by atoms with Crippen LogP contribution in [-0.2, 0) is 59.0 Å². The number of azide groups is 1. The van der Waals surface area contributed by atoms with Gasteiger partial charge in [0.15, 0.2) is 23.1 Å². The molecule has 0 saturated carbocycles. The highest BCUT2D eigenvalue weighted by molar-refractivity contribution is 5.79. The molecule has 24 heteroatoms.